The number of rotatable bonds is 11. The first-order valence-corrected chi connectivity index (χ1v) is 11.1. The van der Waals surface area contributed by atoms with Crippen molar-refractivity contribution in [3.05, 3.63) is 48.0 Å². The molecule has 0 N–H and O–H groups in total. The normalized spacial score (nSPS) is 13.3. The first kappa shape index (κ1) is 20.1. The van der Waals surface area contributed by atoms with Gasteiger partial charge in [-0.05, 0) is 43.5 Å². The van der Waals surface area contributed by atoms with Crippen LogP contribution in [0.1, 0.15) is 39.7 Å². The Balaban J connectivity index is 2.30. The van der Waals surface area contributed by atoms with Crippen LogP contribution >= 0.6 is 0 Å². The van der Waals surface area contributed by atoms with Gasteiger partial charge >= 0.3 is 8.80 Å². The molecule has 0 saturated carbocycles. The van der Waals surface area contributed by atoms with Crippen molar-refractivity contribution in [1.82, 2.24) is 0 Å². The maximum atomic E-state index is 6.25. The van der Waals surface area contributed by atoms with E-state index in [0.717, 1.165) is 6.42 Å². The second kappa shape index (κ2) is 10.0. The molecule has 0 aliphatic rings. The monoisotopic (exact) mass is 362 g/mol. The molecule has 0 bridgehead atoms. The van der Waals surface area contributed by atoms with Gasteiger partial charge in [-0.3, -0.25) is 0 Å². The molecular weight excluding hydrogens is 332 g/mol. The lowest BCUT2D eigenvalue weighted by atomic mass is 10.1. The maximum Gasteiger partial charge on any atom is 0.507 e. The summed E-state index contributed by atoms with van der Waals surface area (Å²) >= 11 is 0. The first-order chi connectivity index (χ1) is 12.1. The summed E-state index contributed by atoms with van der Waals surface area (Å²) in [7, 11) is -2.89. The van der Waals surface area contributed by atoms with Gasteiger partial charge in [0.05, 0.1) is 0 Å². The van der Waals surface area contributed by atoms with Crippen molar-refractivity contribution >= 4 is 19.6 Å². The average molecular weight is 363 g/mol. The highest BCUT2D eigenvalue weighted by Gasteiger charge is 2.43. The molecule has 1 unspecified atom stereocenters. The molecule has 1 atom stereocenters. The highest BCUT2D eigenvalue weighted by Crippen LogP contribution is 2.25. The fourth-order valence-corrected chi connectivity index (χ4v) is 5.68. The molecule has 0 heterocycles. The predicted octanol–water partition coefficient (Wildman–Crippen LogP) is 4.72. The Morgan fingerprint density at radius 2 is 1.60 bits per heavy atom. The fraction of sp³-hybridized carbons (Fsp3) is 0.500. The van der Waals surface area contributed by atoms with Gasteiger partial charge in [-0.15, -0.1) is 0 Å². The molecule has 138 valence electrons. The van der Waals surface area contributed by atoms with Crippen molar-refractivity contribution in [2.45, 2.75) is 46.4 Å². The summed E-state index contributed by atoms with van der Waals surface area (Å²) in [6, 6.07) is 15.3. The maximum absolute atomic E-state index is 6.25. The lowest BCUT2D eigenvalue weighted by molar-refractivity contribution is -0.108. The van der Waals surface area contributed by atoms with Crippen LogP contribution in [-0.2, 0) is 24.1 Å². The summed E-state index contributed by atoms with van der Waals surface area (Å²) in [6.07, 6.45) is 0.606. The zero-order chi connectivity index (χ0) is 18.1. The minimum Gasteiger partial charge on any atom is -0.374 e. The van der Waals surface area contributed by atoms with Gasteiger partial charge in [0.2, 0.25) is 0 Å². The Morgan fingerprint density at radius 1 is 0.920 bits per heavy atom. The largest absolute Gasteiger partial charge is 0.507 e. The summed E-state index contributed by atoms with van der Waals surface area (Å²) in [5, 5.41) is 2.43. The van der Waals surface area contributed by atoms with E-state index in [1.807, 2.05) is 20.8 Å². The average Bonchev–Trinajstić information content (AvgIpc) is 2.61. The molecule has 2 aromatic rings. The highest BCUT2D eigenvalue weighted by molar-refractivity contribution is 6.60. The van der Waals surface area contributed by atoms with E-state index in [1.165, 1.54) is 16.3 Å². The number of benzene rings is 2. The van der Waals surface area contributed by atoms with Crippen molar-refractivity contribution < 1.29 is 18.0 Å². The van der Waals surface area contributed by atoms with Crippen molar-refractivity contribution in [2.75, 3.05) is 19.8 Å². The molecular formula is C20H30O4Si. The summed E-state index contributed by atoms with van der Waals surface area (Å²) in [6.45, 7) is 9.72. The molecule has 0 aliphatic carbocycles. The summed E-state index contributed by atoms with van der Waals surface area (Å²) in [4.78, 5) is 0. The van der Waals surface area contributed by atoms with Crippen LogP contribution in [0.3, 0.4) is 0 Å². The second-order valence-corrected chi connectivity index (χ2v) is 8.45. The van der Waals surface area contributed by atoms with Crippen molar-refractivity contribution in [3.8, 4) is 0 Å². The molecule has 0 aromatic heterocycles. The van der Waals surface area contributed by atoms with Gasteiger partial charge < -0.3 is 18.0 Å². The summed E-state index contributed by atoms with van der Waals surface area (Å²) < 4.78 is 24.1. The van der Waals surface area contributed by atoms with Crippen molar-refractivity contribution in [2.24, 2.45) is 0 Å². The van der Waals surface area contributed by atoms with Crippen molar-refractivity contribution in [3.63, 3.8) is 0 Å². The Kier molecular flexibility index (Phi) is 8.06. The number of ether oxygens (including phenoxy) is 1. The standard InChI is InChI=1S/C20H30O4Si/c1-5-15-21-17(4)24-25(22-6-2,23-7-3)16-19-13-10-12-18-11-8-9-14-20(18)19/h8-14,17H,5-7,15-16H2,1-4H3. The lowest BCUT2D eigenvalue weighted by Gasteiger charge is -2.32. The number of hydrogen-bond donors (Lipinski definition) is 0. The Bertz CT molecular complexity index is 635. The third-order valence-electron chi connectivity index (χ3n) is 3.92. The van der Waals surface area contributed by atoms with Crippen LogP contribution in [-0.4, -0.2) is 34.9 Å². The van der Waals surface area contributed by atoms with E-state index in [2.05, 4.69) is 49.4 Å². The van der Waals surface area contributed by atoms with Crippen LogP contribution in [0.2, 0.25) is 0 Å². The van der Waals surface area contributed by atoms with Crippen LogP contribution in [0.15, 0.2) is 42.5 Å². The minimum atomic E-state index is -2.89. The van der Waals surface area contributed by atoms with E-state index in [1.54, 1.807) is 0 Å². The molecule has 5 heteroatoms. The third-order valence-corrected chi connectivity index (χ3v) is 6.88. The SMILES string of the molecule is CCCOC(C)O[Si](Cc1cccc2ccccc12)(OCC)OCC. The third kappa shape index (κ3) is 5.62. The van der Waals surface area contributed by atoms with Crippen LogP contribution in [0.25, 0.3) is 10.8 Å². The summed E-state index contributed by atoms with van der Waals surface area (Å²) in [5.74, 6) is 0. The predicted molar refractivity (Wildman–Crippen MR) is 103 cm³/mol. The van der Waals surface area contributed by atoms with E-state index in [-0.39, 0.29) is 6.29 Å². The Hall–Kier alpha value is -1.24. The molecule has 0 radical (unpaired) electrons. The van der Waals surface area contributed by atoms with E-state index < -0.39 is 8.80 Å². The Morgan fingerprint density at radius 3 is 2.28 bits per heavy atom. The molecule has 4 nitrogen and oxygen atoms in total. The van der Waals surface area contributed by atoms with Gasteiger partial charge in [0, 0.05) is 25.9 Å². The van der Waals surface area contributed by atoms with Gasteiger partial charge in [0.25, 0.3) is 0 Å². The zero-order valence-corrected chi connectivity index (χ0v) is 16.8. The van der Waals surface area contributed by atoms with E-state index in [9.17, 15) is 0 Å². The molecule has 2 rings (SSSR count). The topological polar surface area (TPSA) is 36.9 Å². The zero-order valence-electron chi connectivity index (χ0n) is 15.8. The second-order valence-electron chi connectivity index (χ2n) is 5.92. The van der Waals surface area contributed by atoms with E-state index in [0.29, 0.717) is 25.9 Å². The van der Waals surface area contributed by atoms with E-state index in [4.69, 9.17) is 18.0 Å². The first-order valence-electron chi connectivity index (χ1n) is 9.18. The molecule has 0 saturated heterocycles. The van der Waals surface area contributed by atoms with Crippen LogP contribution in [0, 0.1) is 0 Å². The highest BCUT2D eigenvalue weighted by atomic mass is 28.4. The smallest absolute Gasteiger partial charge is 0.374 e. The fourth-order valence-electron chi connectivity index (χ4n) is 2.94. The minimum absolute atomic E-state index is 0.348. The quantitative estimate of drug-likeness (QED) is 0.428. The number of fused-ring (bicyclic) bond motifs is 1. The van der Waals surface area contributed by atoms with Crippen molar-refractivity contribution in [1.29, 1.82) is 0 Å². The van der Waals surface area contributed by atoms with Gasteiger partial charge in [-0.1, -0.05) is 49.4 Å². The van der Waals surface area contributed by atoms with Crippen LogP contribution in [0.4, 0.5) is 0 Å². The lowest BCUT2D eigenvalue weighted by Crippen LogP contribution is -2.51. The van der Waals surface area contributed by atoms with Crippen LogP contribution < -0.4 is 0 Å². The number of hydrogen-bond acceptors (Lipinski definition) is 4. The molecule has 25 heavy (non-hydrogen) atoms. The van der Waals surface area contributed by atoms with Gasteiger partial charge in [-0.2, -0.15) is 0 Å². The van der Waals surface area contributed by atoms with Gasteiger partial charge in [0.1, 0.15) is 6.29 Å². The molecule has 0 fully saturated rings. The van der Waals surface area contributed by atoms with Crippen LogP contribution in [0.5, 0.6) is 0 Å². The van der Waals surface area contributed by atoms with Gasteiger partial charge in [-0.25, -0.2) is 0 Å². The molecule has 2 aromatic carbocycles. The van der Waals surface area contributed by atoms with E-state index >= 15 is 0 Å². The summed E-state index contributed by atoms with van der Waals surface area (Å²) in [5.41, 5.74) is 1.19. The molecule has 0 aliphatic heterocycles. The molecule has 0 spiro atoms. The Labute approximate surface area is 152 Å². The van der Waals surface area contributed by atoms with Gasteiger partial charge in [0.15, 0.2) is 0 Å². The molecule has 0 amide bonds.